The van der Waals surface area contributed by atoms with Crippen LogP contribution in [-0.4, -0.2) is 5.91 Å². The van der Waals surface area contributed by atoms with Gasteiger partial charge in [0.25, 0.3) is 0 Å². The summed E-state index contributed by atoms with van der Waals surface area (Å²) < 4.78 is 0. The van der Waals surface area contributed by atoms with E-state index in [4.69, 9.17) is 5.73 Å². The van der Waals surface area contributed by atoms with Crippen molar-refractivity contribution in [1.82, 2.24) is 0 Å². The molecule has 2 nitrogen and oxygen atoms in total. The molecule has 0 aromatic heterocycles. The number of amides is 1. The summed E-state index contributed by atoms with van der Waals surface area (Å²) in [6.45, 7) is 0. The number of hydrogen-bond donors (Lipinski definition) is 1. The van der Waals surface area contributed by atoms with Crippen LogP contribution < -0.4 is 5.73 Å². The molecule has 2 atom stereocenters. The molecule has 74 valence electrons. The smallest absolute Gasteiger partial charge is 0.220 e. The van der Waals surface area contributed by atoms with E-state index in [-0.39, 0.29) is 11.8 Å². The monoisotopic (exact) mass is 189 g/mol. The molecule has 1 amide bonds. The largest absolute Gasteiger partial charge is 0.369 e. The zero-order valence-electron chi connectivity index (χ0n) is 8.15. The minimum atomic E-state index is -0.128. The number of rotatable bonds is 3. The van der Waals surface area contributed by atoms with Gasteiger partial charge in [-0.1, -0.05) is 30.3 Å². The lowest BCUT2D eigenvalue weighted by Crippen LogP contribution is -2.38. The molecule has 2 rings (SSSR count). The maximum absolute atomic E-state index is 11.0. The third kappa shape index (κ3) is 1.79. The van der Waals surface area contributed by atoms with Crippen molar-refractivity contribution in [2.75, 3.05) is 0 Å². The van der Waals surface area contributed by atoms with E-state index in [0.717, 1.165) is 19.3 Å². The first-order valence-corrected chi connectivity index (χ1v) is 5.10. The van der Waals surface area contributed by atoms with Gasteiger partial charge in [0, 0.05) is 5.92 Å². The fourth-order valence-electron chi connectivity index (χ4n) is 2.10. The van der Waals surface area contributed by atoms with Crippen molar-refractivity contribution < 1.29 is 4.79 Å². The van der Waals surface area contributed by atoms with Crippen molar-refractivity contribution >= 4 is 5.91 Å². The first-order valence-electron chi connectivity index (χ1n) is 5.10. The Kier molecular flexibility index (Phi) is 2.53. The Labute approximate surface area is 84.1 Å². The molecule has 14 heavy (non-hydrogen) atoms. The van der Waals surface area contributed by atoms with Gasteiger partial charge in [0.15, 0.2) is 0 Å². The van der Waals surface area contributed by atoms with Gasteiger partial charge in [-0.05, 0) is 30.7 Å². The van der Waals surface area contributed by atoms with Gasteiger partial charge in [-0.25, -0.2) is 0 Å². The summed E-state index contributed by atoms with van der Waals surface area (Å²) in [5, 5.41) is 0. The number of nitrogens with two attached hydrogens (primary N) is 1. The molecule has 1 aromatic carbocycles. The van der Waals surface area contributed by atoms with Crippen LogP contribution in [0.15, 0.2) is 30.3 Å². The van der Waals surface area contributed by atoms with Crippen LogP contribution in [0.5, 0.6) is 0 Å². The third-order valence-corrected chi connectivity index (χ3v) is 3.12. The number of carbonyl (C=O) groups is 1. The van der Waals surface area contributed by atoms with E-state index in [1.807, 2.05) is 18.2 Å². The highest BCUT2D eigenvalue weighted by Crippen LogP contribution is 2.36. The van der Waals surface area contributed by atoms with Crippen LogP contribution in [0.25, 0.3) is 0 Å². The maximum atomic E-state index is 11.0. The van der Waals surface area contributed by atoms with Gasteiger partial charge >= 0.3 is 0 Å². The summed E-state index contributed by atoms with van der Waals surface area (Å²) in [5.74, 6) is 0.474. The lowest BCUT2D eigenvalue weighted by Gasteiger charge is -2.34. The van der Waals surface area contributed by atoms with Gasteiger partial charge in [0.2, 0.25) is 5.91 Å². The summed E-state index contributed by atoms with van der Waals surface area (Å²) in [5.41, 5.74) is 6.61. The second-order valence-corrected chi connectivity index (χ2v) is 4.04. The van der Waals surface area contributed by atoms with E-state index in [0.29, 0.717) is 5.92 Å². The van der Waals surface area contributed by atoms with E-state index >= 15 is 0 Å². The zero-order chi connectivity index (χ0) is 9.97. The Hall–Kier alpha value is -1.31. The molecule has 2 heteroatoms. The van der Waals surface area contributed by atoms with Crippen molar-refractivity contribution in [3.8, 4) is 0 Å². The van der Waals surface area contributed by atoms with E-state index in [2.05, 4.69) is 12.1 Å². The van der Waals surface area contributed by atoms with Gasteiger partial charge in [-0.2, -0.15) is 0 Å². The maximum Gasteiger partial charge on any atom is 0.220 e. The summed E-state index contributed by atoms with van der Waals surface area (Å²) in [6.07, 6.45) is 3.11. The van der Waals surface area contributed by atoms with Crippen LogP contribution in [0.2, 0.25) is 0 Å². The minimum absolute atomic E-state index is 0.121. The molecule has 0 saturated heterocycles. The van der Waals surface area contributed by atoms with E-state index < -0.39 is 0 Å². The third-order valence-electron chi connectivity index (χ3n) is 3.12. The van der Waals surface area contributed by atoms with Crippen molar-refractivity contribution in [1.29, 1.82) is 0 Å². The van der Waals surface area contributed by atoms with Crippen LogP contribution in [0, 0.1) is 11.8 Å². The molecule has 0 bridgehead atoms. The van der Waals surface area contributed by atoms with Gasteiger partial charge in [0.05, 0.1) is 0 Å². The fourth-order valence-corrected chi connectivity index (χ4v) is 2.10. The summed E-state index contributed by atoms with van der Waals surface area (Å²) in [6, 6.07) is 10.3. The average Bonchev–Trinajstić information content (AvgIpc) is 2.13. The highest BCUT2D eigenvalue weighted by molar-refractivity contribution is 5.77. The molecule has 1 saturated carbocycles. The van der Waals surface area contributed by atoms with Crippen LogP contribution in [-0.2, 0) is 11.2 Å². The van der Waals surface area contributed by atoms with Crippen LogP contribution in [0.3, 0.4) is 0 Å². The normalized spacial score (nSPS) is 25.4. The van der Waals surface area contributed by atoms with Crippen LogP contribution in [0.1, 0.15) is 18.4 Å². The molecule has 0 aliphatic heterocycles. The molecule has 0 unspecified atom stereocenters. The standard InChI is InChI=1S/C12H15NO/c13-12(14)11-7-6-10(11)8-9-4-2-1-3-5-9/h1-5,10-11H,6-8H2,(H2,13,14)/t10-,11-/m1/s1. The minimum Gasteiger partial charge on any atom is -0.369 e. The van der Waals surface area contributed by atoms with Crippen molar-refractivity contribution in [3.63, 3.8) is 0 Å². The highest BCUT2D eigenvalue weighted by atomic mass is 16.1. The quantitative estimate of drug-likeness (QED) is 0.773. The molecule has 1 fully saturated rings. The Bertz CT molecular complexity index is 320. The van der Waals surface area contributed by atoms with E-state index in [1.165, 1.54) is 5.56 Å². The average molecular weight is 189 g/mol. The molecule has 1 aromatic rings. The van der Waals surface area contributed by atoms with Gasteiger partial charge in [0.1, 0.15) is 0 Å². The van der Waals surface area contributed by atoms with Gasteiger partial charge in [-0.15, -0.1) is 0 Å². The number of primary amides is 1. The predicted molar refractivity (Wildman–Crippen MR) is 55.6 cm³/mol. The molecule has 2 N–H and O–H groups in total. The molecule has 0 spiro atoms. The Morgan fingerprint density at radius 1 is 1.29 bits per heavy atom. The number of carbonyl (C=O) groups excluding carboxylic acids is 1. The molecular weight excluding hydrogens is 174 g/mol. The summed E-state index contributed by atoms with van der Waals surface area (Å²) in [4.78, 5) is 11.0. The molecule has 1 aliphatic carbocycles. The molecular formula is C12H15NO. The Balaban J connectivity index is 1.96. The lowest BCUT2D eigenvalue weighted by atomic mass is 9.70. The zero-order valence-corrected chi connectivity index (χ0v) is 8.15. The lowest BCUT2D eigenvalue weighted by molar-refractivity contribution is -0.126. The van der Waals surface area contributed by atoms with Gasteiger partial charge in [-0.3, -0.25) is 4.79 Å². The van der Waals surface area contributed by atoms with Crippen LogP contribution >= 0.6 is 0 Å². The van der Waals surface area contributed by atoms with Crippen molar-refractivity contribution in [2.45, 2.75) is 19.3 Å². The fraction of sp³-hybridized carbons (Fsp3) is 0.417. The van der Waals surface area contributed by atoms with Crippen molar-refractivity contribution in [2.24, 2.45) is 17.6 Å². The highest BCUT2D eigenvalue weighted by Gasteiger charge is 2.34. The predicted octanol–water partition coefficient (Wildman–Crippen LogP) is 1.74. The Morgan fingerprint density at radius 2 is 2.00 bits per heavy atom. The number of hydrogen-bond acceptors (Lipinski definition) is 1. The van der Waals surface area contributed by atoms with Crippen molar-refractivity contribution in [3.05, 3.63) is 35.9 Å². The summed E-state index contributed by atoms with van der Waals surface area (Å²) in [7, 11) is 0. The SMILES string of the molecule is NC(=O)[C@@H]1CC[C@@H]1Cc1ccccc1. The summed E-state index contributed by atoms with van der Waals surface area (Å²) >= 11 is 0. The molecule has 0 radical (unpaired) electrons. The molecule has 1 aliphatic rings. The van der Waals surface area contributed by atoms with E-state index in [9.17, 15) is 4.79 Å². The topological polar surface area (TPSA) is 43.1 Å². The second-order valence-electron chi connectivity index (χ2n) is 4.04. The number of benzene rings is 1. The second kappa shape index (κ2) is 3.82. The molecule has 0 heterocycles. The van der Waals surface area contributed by atoms with Crippen LogP contribution in [0.4, 0.5) is 0 Å². The first-order chi connectivity index (χ1) is 6.77. The van der Waals surface area contributed by atoms with Gasteiger partial charge < -0.3 is 5.73 Å². The Morgan fingerprint density at radius 3 is 2.50 bits per heavy atom. The van der Waals surface area contributed by atoms with E-state index in [1.54, 1.807) is 0 Å². The first kappa shape index (κ1) is 9.25.